The van der Waals surface area contributed by atoms with Crippen molar-refractivity contribution >= 4 is 47.6 Å². The first-order valence-electron chi connectivity index (χ1n) is 9.59. The zero-order valence-corrected chi connectivity index (χ0v) is 18.8. The SMILES string of the molecule is C=N\N=C/C=C(C)/C=C/C(=O)NCC1Cc2cc(-c3ccc(C(C)=O)s3)cc(Cl)c2O1. The molecule has 0 saturated carbocycles. The van der Waals surface area contributed by atoms with E-state index in [9.17, 15) is 9.59 Å². The minimum absolute atomic E-state index is 0.0456. The molecule has 1 atom stereocenters. The van der Waals surface area contributed by atoms with Gasteiger partial charge in [-0.1, -0.05) is 17.7 Å². The van der Waals surface area contributed by atoms with E-state index in [1.807, 2.05) is 31.2 Å². The Morgan fingerprint density at radius 1 is 1.32 bits per heavy atom. The lowest BCUT2D eigenvalue weighted by molar-refractivity contribution is -0.116. The van der Waals surface area contributed by atoms with Gasteiger partial charge in [-0.05, 0) is 55.3 Å². The largest absolute Gasteiger partial charge is 0.486 e. The van der Waals surface area contributed by atoms with Crippen LogP contribution in [-0.2, 0) is 11.2 Å². The van der Waals surface area contributed by atoms with Crippen LogP contribution in [0.4, 0.5) is 0 Å². The Hall–Kier alpha value is -3.03. The first-order valence-corrected chi connectivity index (χ1v) is 10.8. The Bertz CT molecular complexity index is 1100. The molecule has 6 nitrogen and oxygen atoms in total. The molecule has 2 aromatic rings. The number of ether oxygens (including phenoxy) is 1. The number of Topliss-reactive ketones (excluding diaryl/α,β-unsaturated/α-hetero) is 1. The van der Waals surface area contributed by atoms with Crippen molar-refractivity contribution in [1.82, 2.24) is 5.32 Å². The summed E-state index contributed by atoms with van der Waals surface area (Å²) in [5, 5.41) is 10.4. The number of ketones is 1. The van der Waals surface area contributed by atoms with Crippen LogP contribution in [0.25, 0.3) is 10.4 Å². The van der Waals surface area contributed by atoms with Crippen LogP contribution in [0.1, 0.15) is 29.1 Å². The minimum atomic E-state index is -0.215. The van der Waals surface area contributed by atoms with Crippen molar-refractivity contribution in [2.75, 3.05) is 6.54 Å². The lowest BCUT2D eigenvalue weighted by atomic mass is 10.1. The summed E-state index contributed by atoms with van der Waals surface area (Å²) >= 11 is 7.89. The minimum Gasteiger partial charge on any atom is -0.486 e. The van der Waals surface area contributed by atoms with Gasteiger partial charge in [0.1, 0.15) is 11.9 Å². The van der Waals surface area contributed by atoms with E-state index in [1.165, 1.54) is 23.6 Å². The molecular formula is C23H22ClN3O3S. The van der Waals surface area contributed by atoms with Gasteiger partial charge in [-0.25, -0.2) is 0 Å². The standard InChI is InChI=1S/C23H22ClN3O3S/c1-14(8-9-27-25-3)4-7-22(29)26-13-18-11-17-10-16(12-19(24)23(17)30-18)21-6-5-20(31-21)15(2)28/h4-10,12,18H,3,11,13H2,1-2H3,(H,26,29)/b7-4+,14-8+,27-9-. The van der Waals surface area contributed by atoms with Gasteiger partial charge in [-0.2, -0.15) is 10.2 Å². The fourth-order valence-electron chi connectivity index (χ4n) is 3.06. The van der Waals surface area contributed by atoms with Crippen LogP contribution < -0.4 is 10.1 Å². The van der Waals surface area contributed by atoms with E-state index in [-0.39, 0.29) is 17.8 Å². The van der Waals surface area contributed by atoms with Crippen molar-refractivity contribution in [3.63, 3.8) is 0 Å². The van der Waals surface area contributed by atoms with Crippen molar-refractivity contribution in [3.8, 4) is 16.2 Å². The van der Waals surface area contributed by atoms with Crippen LogP contribution in [0.5, 0.6) is 5.75 Å². The third-order valence-corrected chi connectivity index (χ3v) is 6.09. The van der Waals surface area contributed by atoms with E-state index in [0.29, 0.717) is 28.6 Å². The van der Waals surface area contributed by atoms with Crippen LogP contribution in [0, 0.1) is 0 Å². The topological polar surface area (TPSA) is 80.1 Å². The van der Waals surface area contributed by atoms with E-state index in [0.717, 1.165) is 21.6 Å². The summed E-state index contributed by atoms with van der Waals surface area (Å²) in [5.41, 5.74) is 2.80. The van der Waals surface area contributed by atoms with Crippen molar-refractivity contribution < 1.29 is 14.3 Å². The molecule has 3 rings (SSSR count). The van der Waals surface area contributed by atoms with Crippen LogP contribution in [0.2, 0.25) is 5.02 Å². The Kier molecular flexibility index (Phi) is 7.55. The number of nitrogens with zero attached hydrogens (tertiary/aromatic N) is 2. The first kappa shape index (κ1) is 22.7. The van der Waals surface area contributed by atoms with Gasteiger partial charge in [0.2, 0.25) is 5.91 Å². The average Bonchev–Trinajstić information content (AvgIpc) is 3.38. The summed E-state index contributed by atoms with van der Waals surface area (Å²) in [6, 6.07) is 7.63. The summed E-state index contributed by atoms with van der Waals surface area (Å²) in [5.74, 6) is 0.481. The molecule has 1 amide bonds. The second-order valence-electron chi connectivity index (χ2n) is 7.01. The van der Waals surface area contributed by atoms with Gasteiger partial charge in [0.05, 0.1) is 16.4 Å². The van der Waals surface area contributed by atoms with Crippen LogP contribution in [0.15, 0.2) is 58.3 Å². The van der Waals surface area contributed by atoms with Gasteiger partial charge in [0.25, 0.3) is 0 Å². The molecule has 1 aliphatic rings. The Labute approximate surface area is 190 Å². The molecule has 0 fully saturated rings. The second kappa shape index (κ2) is 10.3. The van der Waals surface area contributed by atoms with Gasteiger partial charge in [-0.15, -0.1) is 11.3 Å². The Morgan fingerprint density at radius 3 is 2.84 bits per heavy atom. The molecule has 0 saturated heterocycles. The molecular weight excluding hydrogens is 434 g/mol. The molecule has 1 N–H and O–H groups in total. The molecule has 31 heavy (non-hydrogen) atoms. The average molecular weight is 456 g/mol. The van der Waals surface area contributed by atoms with E-state index < -0.39 is 0 Å². The van der Waals surface area contributed by atoms with E-state index in [2.05, 4.69) is 22.2 Å². The number of hydrogen-bond donors (Lipinski definition) is 1. The van der Waals surface area contributed by atoms with Gasteiger partial charge < -0.3 is 10.1 Å². The van der Waals surface area contributed by atoms with Crippen molar-refractivity contribution in [2.24, 2.45) is 10.2 Å². The first-order chi connectivity index (χ1) is 14.9. The lowest BCUT2D eigenvalue weighted by Crippen LogP contribution is -2.33. The zero-order valence-electron chi connectivity index (χ0n) is 17.2. The number of carbonyl (C=O) groups is 2. The van der Waals surface area contributed by atoms with Crippen LogP contribution >= 0.6 is 22.9 Å². The monoisotopic (exact) mass is 455 g/mol. The number of thiophene rings is 1. The fourth-order valence-corrected chi connectivity index (χ4v) is 4.23. The number of benzene rings is 1. The van der Waals surface area contributed by atoms with Gasteiger partial charge in [0, 0.05) is 35.9 Å². The van der Waals surface area contributed by atoms with E-state index in [1.54, 1.807) is 19.1 Å². The summed E-state index contributed by atoms with van der Waals surface area (Å²) in [6.45, 7) is 7.02. The van der Waals surface area contributed by atoms with Crippen molar-refractivity contribution in [2.45, 2.75) is 26.4 Å². The Morgan fingerprint density at radius 2 is 2.13 bits per heavy atom. The maximum Gasteiger partial charge on any atom is 0.244 e. The number of amides is 1. The summed E-state index contributed by atoms with van der Waals surface area (Å²) in [6.07, 6.45) is 6.82. The molecule has 1 aliphatic heterocycles. The summed E-state index contributed by atoms with van der Waals surface area (Å²) in [4.78, 5) is 25.3. The van der Waals surface area contributed by atoms with Crippen LogP contribution in [-0.4, -0.2) is 37.3 Å². The van der Waals surface area contributed by atoms with Crippen molar-refractivity contribution in [3.05, 3.63) is 63.5 Å². The van der Waals surface area contributed by atoms with E-state index >= 15 is 0 Å². The fraction of sp³-hybridized carbons (Fsp3) is 0.217. The summed E-state index contributed by atoms with van der Waals surface area (Å²) < 4.78 is 5.95. The molecule has 1 unspecified atom stereocenters. The molecule has 0 spiro atoms. The van der Waals surface area contributed by atoms with Crippen molar-refractivity contribution in [1.29, 1.82) is 0 Å². The number of hydrogen-bond acceptors (Lipinski definition) is 6. The van der Waals surface area contributed by atoms with Gasteiger partial charge in [0.15, 0.2) is 5.78 Å². The van der Waals surface area contributed by atoms with Crippen LogP contribution in [0.3, 0.4) is 0 Å². The highest BCUT2D eigenvalue weighted by Crippen LogP contribution is 2.41. The molecule has 0 aliphatic carbocycles. The molecule has 0 radical (unpaired) electrons. The zero-order chi connectivity index (χ0) is 22.4. The number of allylic oxidation sites excluding steroid dienone is 3. The number of rotatable bonds is 8. The third-order valence-electron chi connectivity index (χ3n) is 4.58. The normalized spacial score (nSPS) is 15.8. The molecule has 8 heteroatoms. The molecule has 160 valence electrons. The highest BCUT2D eigenvalue weighted by Gasteiger charge is 2.26. The predicted molar refractivity (Wildman–Crippen MR) is 127 cm³/mol. The number of fused-ring (bicyclic) bond motifs is 1. The highest BCUT2D eigenvalue weighted by molar-refractivity contribution is 7.17. The maximum atomic E-state index is 12.1. The number of nitrogens with one attached hydrogen (secondary N) is 1. The van der Waals surface area contributed by atoms with E-state index in [4.69, 9.17) is 16.3 Å². The summed E-state index contributed by atoms with van der Waals surface area (Å²) in [7, 11) is 0. The molecule has 1 aromatic carbocycles. The number of carbonyl (C=O) groups excluding carboxylic acids is 2. The lowest BCUT2D eigenvalue weighted by Gasteiger charge is -2.11. The molecule has 1 aromatic heterocycles. The second-order valence-corrected chi connectivity index (χ2v) is 8.50. The maximum absolute atomic E-state index is 12.1. The quantitative estimate of drug-likeness (QED) is 0.202. The smallest absolute Gasteiger partial charge is 0.244 e. The van der Waals surface area contributed by atoms with Gasteiger partial charge in [-0.3, -0.25) is 9.59 Å². The van der Waals surface area contributed by atoms with Gasteiger partial charge >= 0.3 is 0 Å². The Balaban J connectivity index is 1.60. The molecule has 2 heterocycles. The number of halogens is 1. The highest BCUT2D eigenvalue weighted by atomic mass is 35.5. The third kappa shape index (κ3) is 5.99. The molecule has 0 bridgehead atoms. The predicted octanol–water partition coefficient (Wildman–Crippen LogP) is 4.88.